The van der Waals surface area contributed by atoms with E-state index in [4.69, 9.17) is 6.42 Å². The first kappa shape index (κ1) is 16.8. The lowest BCUT2D eigenvalue weighted by atomic mass is 10.4. The Bertz CT molecular complexity index is 417. The zero-order valence-corrected chi connectivity index (χ0v) is 13.5. The van der Waals surface area contributed by atoms with E-state index in [-0.39, 0.29) is 24.0 Å². The number of aromatic nitrogens is 1. The fraction of sp³-hybridized carbons (Fsp3) is 0.462. The van der Waals surface area contributed by atoms with E-state index in [1.54, 1.807) is 0 Å². The molecule has 1 rings (SSSR count). The molecule has 0 radical (unpaired) electrons. The number of terminal acetylenes is 1. The van der Waals surface area contributed by atoms with Crippen LogP contribution < -0.4 is 5.32 Å². The van der Waals surface area contributed by atoms with Crippen LogP contribution in [0.25, 0.3) is 0 Å². The molecule has 1 N–H and O–H groups in total. The molecule has 0 bridgehead atoms. The first-order valence-corrected chi connectivity index (χ1v) is 5.72. The third kappa shape index (κ3) is 5.00. The van der Waals surface area contributed by atoms with Crippen LogP contribution in [0.5, 0.6) is 0 Å². The predicted molar refractivity (Wildman–Crippen MR) is 87.1 cm³/mol. The summed E-state index contributed by atoms with van der Waals surface area (Å²) in [7, 11) is 4.04. The smallest absolute Gasteiger partial charge is 0.194 e. The number of guanidine groups is 1. The summed E-state index contributed by atoms with van der Waals surface area (Å²) < 4.78 is 2.10. The maximum atomic E-state index is 5.23. The van der Waals surface area contributed by atoms with Crippen molar-refractivity contribution in [3.05, 3.63) is 24.0 Å². The number of nitrogens with one attached hydrogen (secondary N) is 1. The molecule has 1 heterocycles. The highest BCUT2D eigenvalue weighted by Crippen LogP contribution is 2.03. The molecule has 0 aromatic carbocycles. The lowest BCUT2D eigenvalue weighted by Gasteiger charge is -2.22. The zero-order valence-electron chi connectivity index (χ0n) is 11.2. The highest BCUT2D eigenvalue weighted by Gasteiger charge is 2.07. The molecule has 0 fully saturated rings. The Hall–Kier alpha value is -1.16. The van der Waals surface area contributed by atoms with Crippen molar-refractivity contribution in [1.82, 2.24) is 14.8 Å². The normalized spacial score (nSPS) is 10.4. The van der Waals surface area contributed by atoms with E-state index in [9.17, 15) is 0 Å². The van der Waals surface area contributed by atoms with Gasteiger partial charge in [0.2, 0.25) is 0 Å². The quantitative estimate of drug-likeness (QED) is 0.384. The summed E-state index contributed by atoms with van der Waals surface area (Å²) in [5.74, 6) is 3.36. The summed E-state index contributed by atoms with van der Waals surface area (Å²) in [6, 6.07) is 4.13. The molecular weight excluding hydrogens is 339 g/mol. The van der Waals surface area contributed by atoms with Gasteiger partial charge in [-0.05, 0) is 19.1 Å². The Morgan fingerprint density at radius 1 is 1.61 bits per heavy atom. The van der Waals surface area contributed by atoms with E-state index < -0.39 is 0 Å². The average Bonchev–Trinajstić information content (AvgIpc) is 2.70. The number of aryl methyl sites for hydroxylation is 1. The Kier molecular flexibility index (Phi) is 8.29. The topological polar surface area (TPSA) is 32.6 Å². The lowest BCUT2D eigenvalue weighted by Crippen LogP contribution is -2.38. The van der Waals surface area contributed by atoms with Crippen LogP contribution in [0.2, 0.25) is 0 Å². The van der Waals surface area contributed by atoms with Crippen molar-refractivity contribution < 1.29 is 0 Å². The second kappa shape index (κ2) is 8.86. The predicted octanol–water partition coefficient (Wildman–Crippen LogP) is 1.67. The highest BCUT2D eigenvalue weighted by atomic mass is 127. The average molecular weight is 360 g/mol. The molecule has 1 aromatic heterocycles. The van der Waals surface area contributed by atoms with Crippen molar-refractivity contribution in [2.45, 2.75) is 13.5 Å². The minimum atomic E-state index is 0. The maximum absolute atomic E-state index is 5.23. The highest BCUT2D eigenvalue weighted by molar-refractivity contribution is 14.0. The number of nitrogens with zero attached hydrogens (tertiary/aromatic N) is 3. The largest absolute Gasteiger partial charge is 0.356 e. The first-order chi connectivity index (χ1) is 8.19. The molecule has 5 heteroatoms. The van der Waals surface area contributed by atoms with Crippen LogP contribution in [-0.4, -0.2) is 35.6 Å². The second-order valence-electron chi connectivity index (χ2n) is 3.84. The van der Waals surface area contributed by atoms with E-state index >= 15 is 0 Å². The van der Waals surface area contributed by atoms with Gasteiger partial charge in [-0.3, -0.25) is 0 Å². The Morgan fingerprint density at radius 3 is 2.83 bits per heavy atom. The lowest BCUT2D eigenvalue weighted by molar-refractivity contribution is 0.463. The number of aliphatic imine (C=N–C) groups is 1. The summed E-state index contributed by atoms with van der Waals surface area (Å²) in [5, 5.41) is 3.22. The van der Waals surface area contributed by atoms with Crippen LogP contribution in [-0.2, 0) is 13.6 Å². The molecule has 0 saturated carbocycles. The third-order valence-corrected chi connectivity index (χ3v) is 2.47. The number of halogens is 1. The van der Waals surface area contributed by atoms with Gasteiger partial charge in [-0.1, -0.05) is 5.92 Å². The molecule has 0 atom stereocenters. The van der Waals surface area contributed by atoms with Crippen molar-refractivity contribution in [1.29, 1.82) is 0 Å². The van der Waals surface area contributed by atoms with Crippen LogP contribution >= 0.6 is 24.0 Å². The Labute approximate surface area is 126 Å². The summed E-state index contributed by atoms with van der Waals surface area (Å²) in [6.45, 7) is 4.09. The van der Waals surface area contributed by atoms with Gasteiger partial charge in [-0.25, -0.2) is 4.99 Å². The summed E-state index contributed by atoms with van der Waals surface area (Å²) in [5.41, 5.74) is 1.24. The molecular formula is C13H21IN4. The van der Waals surface area contributed by atoms with E-state index in [2.05, 4.69) is 31.8 Å². The van der Waals surface area contributed by atoms with Gasteiger partial charge >= 0.3 is 0 Å². The van der Waals surface area contributed by atoms with Crippen molar-refractivity contribution in [2.75, 3.05) is 20.1 Å². The molecule has 0 amide bonds. The van der Waals surface area contributed by atoms with Gasteiger partial charge in [-0.15, -0.1) is 30.4 Å². The molecule has 0 aliphatic carbocycles. The minimum Gasteiger partial charge on any atom is -0.356 e. The molecule has 4 nitrogen and oxygen atoms in total. The van der Waals surface area contributed by atoms with E-state index in [0.29, 0.717) is 6.54 Å². The van der Waals surface area contributed by atoms with Crippen LogP contribution in [0.4, 0.5) is 0 Å². The Morgan fingerprint density at radius 2 is 2.33 bits per heavy atom. The summed E-state index contributed by atoms with van der Waals surface area (Å²) in [6.07, 6.45) is 7.26. The standard InChI is InChI=1S/C13H20N4.HI/c1-5-9-15-13(14-6-2)17(4)11-12-8-7-10-16(12)3;/h1,7-8,10H,6,9,11H2,2-4H3,(H,14,15);1H. The SMILES string of the molecule is C#CCN=C(NCC)N(C)Cc1cccn1C.I. The van der Waals surface area contributed by atoms with Gasteiger partial charge < -0.3 is 14.8 Å². The van der Waals surface area contributed by atoms with Crippen LogP contribution in [0, 0.1) is 12.3 Å². The van der Waals surface area contributed by atoms with Gasteiger partial charge in [0.1, 0.15) is 6.54 Å². The van der Waals surface area contributed by atoms with E-state index in [1.165, 1.54) is 5.69 Å². The number of hydrogen-bond acceptors (Lipinski definition) is 1. The molecule has 100 valence electrons. The number of hydrogen-bond donors (Lipinski definition) is 1. The summed E-state index contributed by atoms with van der Waals surface area (Å²) >= 11 is 0. The minimum absolute atomic E-state index is 0. The monoisotopic (exact) mass is 360 g/mol. The summed E-state index contributed by atoms with van der Waals surface area (Å²) in [4.78, 5) is 6.39. The van der Waals surface area contributed by atoms with E-state index in [1.807, 2.05) is 33.3 Å². The van der Waals surface area contributed by atoms with Gasteiger partial charge in [0.25, 0.3) is 0 Å². The first-order valence-electron chi connectivity index (χ1n) is 5.72. The molecule has 0 aliphatic rings. The molecule has 0 unspecified atom stereocenters. The maximum Gasteiger partial charge on any atom is 0.194 e. The Balaban J connectivity index is 0.00000289. The molecule has 0 aliphatic heterocycles. The second-order valence-corrected chi connectivity index (χ2v) is 3.84. The fourth-order valence-electron chi connectivity index (χ4n) is 1.57. The van der Waals surface area contributed by atoms with Crippen molar-refractivity contribution >= 4 is 29.9 Å². The molecule has 1 aromatic rings. The van der Waals surface area contributed by atoms with Crippen LogP contribution in [0.3, 0.4) is 0 Å². The van der Waals surface area contributed by atoms with Crippen molar-refractivity contribution in [3.63, 3.8) is 0 Å². The van der Waals surface area contributed by atoms with Gasteiger partial charge in [0.05, 0.1) is 6.54 Å². The van der Waals surface area contributed by atoms with Crippen molar-refractivity contribution in [2.24, 2.45) is 12.0 Å². The fourth-order valence-corrected chi connectivity index (χ4v) is 1.57. The molecule has 18 heavy (non-hydrogen) atoms. The van der Waals surface area contributed by atoms with Gasteiger partial charge in [0.15, 0.2) is 5.96 Å². The van der Waals surface area contributed by atoms with E-state index in [0.717, 1.165) is 19.0 Å². The van der Waals surface area contributed by atoms with Gasteiger partial charge in [0, 0.05) is 32.5 Å². The molecule has 0 saturated heterocycles. The van der Waals surface area contributed by atoms with Crippen LogP contribution in [0.1, 0.15) is 12.6 Å². The molecule has 0 spiro atoms. The number of rotatable bonds is 4. The van der Waals surface area contributed by atoms with Gasteiger partial charge in [-0.2, -0.15) is 0 Å². The zero-order chi connectivity index (χ0) is 12.7. The van der Waals surface area contributed by atoms with Crippen LogP contribution in [0.15, 0.2) is 23.3 Å². The third-order valence-electron chi connectivity index (χ3n) is 2.47. The van der Waals surface area contributed by atoms with Crippen molar-refractivity contribution in [3.8, 4) is 12.3 Å².